The van der Waals surface area contributed by atoms with Gasteiger partial charge in [-0.05, 0) is 24.8 Å². The average Bonchev–Trinajstić information content (AvgIpc) is 3.24. The SMILES string of the molecule is O=C(CSc1n[nH]c(=O)n1CCc1ccccc1)NN1C(=O)NC2(CCCCC2)C1=O. The second-order valence-electron chi connectivity index (χ2n) is 7.74. The molecule has 1 aliphatic heterocycles. The minimum absolute atomic E-state index is 0.0975. The van der Waals surface area contributed by atoms with Crippen molar-refractivity contribution in [1.82, 2.24) is 30.5 Å². The zero-order chi connectivity index (χ0) is 21.8. The highest BCUT2D eigenvalue weighted by atomic mass is 32.2. The van der Waals surface area contributed by atoms with Crippen molar-refractivity contribution in [3.8, 4) is 0 Å². The lowest BCUT2D eigenvalue weighted by atomic mass is 9.82. The zero-order valence-electron chi connectivity index (χ0n) is 16.9. The third-order valence-corrected chi connectivity index (χ3v) is 6.60. The Labute approximate surface area is 182 Å². The van der Waals surface area contributed by atoms with E-state index in [0.717, 1.165) is 41.6 Å². The monoisotopic (exact) mass is 444 g/mol. The molecule has 4 amide bonds. The minimum Gasteiger partial charge on any atom is -0.322 e. The first-order valence-corrected chi connectivity index (χ1v) is 11.3. The van der Waals surface area contributed by atoms with Crippen molar-refractivity contribution < 1.29 is 14.4 Å². The van der Waals surface area contributed by atoms with Crippen LogP contribution in [0.5, 0.6) is 0 Å². The van der Waals surface area contributed by atoms with Crippen LogP contribution in [0.25, 0.3) is 0 Å². The van der Waals surface area contributed by atoms with E-state index in [1.807, 2.05) is 30.3 Å². The predicted molar refractivity (Wildman–Crippen MR) is 113 cm³/mol. The Balaban J connectivity index is 1.34. The summed E-state index contributed by atoms with van der Waals surface area (Å²) in [5.41, 5.74) is 2.23. The van der Waals surface area contributed by atoms with Crippen LogP contribution in [0.1, 0.15) is 37.7 Å². The van der Waals surface area contributed by atoms with Crippen LogP contribution < -0.4 is 16.4 Å². The fourth-order valence-electron chi connectivity index (χ4n) is 4.00. The first-order valence-electron chi connectivity index (χ1n) is 10.3. The molecule has 0 bridgehead atoms. The maximum absolute atomic E-state index is 12.7. The second-order valence-corrected chi connectivity index (χ2v) is 8.68. The fourth-order valence-corrected chi connectivity index (χ4v) is 4.76. The molecule has 1 saturated carbocycles. The van der Waals surface area contributed by atoms with Gasteiger partial charge in [0.25, 0.3) is 5.91 Å². The van der Waals surface area contributed by atoms with Gasteiger partial charge in [0.05, 0.1) is 5.75 Å². The lowest BCUT2D eigenvalue weighted by Crippen LogP contribution is -2.51. The Morgan fingerprint density at radius 3 is 2.61 bits per heavy atom. The second kappa shape index (κ2) is 8.96. The molecule has 1 saturated heterocycles. The molecule has 31 heavy (non-hydrogen) atoms. The maximum Gasteiger partial charge on any atom is 0.344 e. The van der Waals surface area contributed by atoms with Crippen molar-refractivity contribution in [2.24, 2.45) is 0 Å². The normalized spacial score (nSPS) is 17.7. The molecule has 2 fully saturated rings. The Morgan fingerprint density at radius 2 is 1.87 bits per heavy atom. The molecule has 10 nitrogen and oxygen atoms in total. The number of hydrogen-bond acceptors (Lipinski definition) is 6. The van der Waals surface area contributed by atoms with Crippen molar-refractivity contribution in [2.75, 3.05) is 5.75 Å². The summed E-state index contributed by atoms with van der Waals surface area (Å²) >= 11 is 1.06. The van der Waals surface area contributed by atoms with E-state index in [-0.39, 0.29) is 11.4 Å². The number of carbonyl (C=O) groups excluding carboxylic acids is 3. The molecule has 0 unspecified atom stereocenters. The first kappa shape index (κ1) is 21.2. The third kappa shape index (κ3) is 4.50. The number of hydrogen-bond donors (Lipinski definition) is 3. The van der Waals surface area contributed by atoms with E-state index in [2.05, 4.69) is 20.9 Å². The number of rotatable bonds is 7. The highest BCUT2D eigenvalue weighted by Gasteiger charge is 2.52. The van der Waals surface area contributed by atoms with Gasteiger partial charge in [0.15, 0.2) is 5.16 Å². The summed E-state index contributed by atoms with van der Waals surface area (Å²) in [6.07, 6.45) is 4.57. The smallest absolute Gasteiger partial charge is 0.322 e. The van der Waals surface area contributed by atoms with Crippen LogP contribution in [0.2, 0.25) is 0 Å². The van der Waals surface area contributed by atoms with Gasteiger partial charge in [-0.3, -0.25) is 19.6 Å². The minimum atomic E-state index is -0.893. The molecule has 3 N–H and O–H groups in total. The van der Waals surface area contributed by atoms with Gasteiger partial charge in [-0.15, -0.1) is 5.10 Å². The summed E-state index contributed by atoms with van der Waals surface area (Å²) in [7, 11) is 0. The van der Waals surface area contributed by atoms with Gasteiger partial charge in [-0.1, -0.05) is 61.4 Å². The van der Waals surface area contributed by atoms with E-state index in [9.17, 15) is 19.2 Å². The van der Waals surface area contributed by atoms with Gasteiger partial charge >= 0.3 is 11.7 Å². The van der Waals surface area contributed by atoms with Gasteiger partial charge in [0, 0.05) is 6.54 Å². The van der Waals surface area contributed by atoms with Crippen molar-refractivity contribution in [3.05, 3.63) is 46.4 Å². The molecule has 2 aromatic rings. The molecule has 2 aliphatic rings. The molecule has 1 aromatic heterocycles. The summed E-state index contributed by atoms with van der Waals surface area (Å²) < 4.78 is 1.47. The molecule has 1 aromatic carbocycles. The summed E-state index contributed by atoms with van der Waals surface area (Å²) in [4.78, 5) is 49.5. The molecule has 164 valence electrons. The Kier molecular flexibility index (Phi) is 6.12. The molecular formula is C20H24N6O4S. The van der Waals surface area contributed by atoms with E-state index >= 15 is 0 Å². The van der Waals surface area contributed by atoms with Crippen LogP contribution in [0.15, 0.2) is 40.3 Å². The number of aromatic nitrogens is 3. The highest BCUT2D eigenvalue weighted by molar-refractivity contribution is 7.99. The lowest BCUT2D eigenvalue weighted by molar-refractivity contribution is -0.139. The van der Waals surface area contributed by atoms with Crippen molar-refractivity contribution in [2.45, 2.75) is 55.8 Å². The van der Waals surface area contributed by atoms with Gasteiger partial charge in [-0.2, -0.15) is 5.01 Å². The topological polar surface area (TPSA) is 129 Å². The number of nitrogens with one attached hydrogen (secondary N) is 3. The summed E-state index contributed by atoms with van der Waals surface area (Å²) in [5, 5.41) is 10.3. The zero-order valence-corrected chi connectivity index (χ0v) is 17.7. The number of hydrazine groups is 1. The van der Waals surface area contributed by atoms with Crippen LogP contribution >= 0.6 is 11.8 Å². The van der Waals surface area contributed by atoms with Crippen molar-refractivity contribution in [1.29, 1.82) is 0 Å². The summed E-state index contributed by atoms with van der Waals surface area (Å²) in [5.74, 6) is -1.03. The number of aryl methyl sites for hydroxylation is 1. The standard InChI is InChI=1S/C20H24N6O4S/c27-15(24-26-16(28)20(21-17(26)29)10-5-2-6-11-20)13-31-19-23-22-18(30)25(19)12-9-14-7-3-1-4-8-14/h1,3-4,7-8H,2,5-6,9-13H2,(H,21,29)(H,22,30)(H,24,27). The number of benzene rings is 1. The molecule has 2 heterocycles. The molecular weight excluding hydrogens is 420 g/mol. The molecule has 4 rings (SSSR count). The Morgan fingerprint density at radius 1 is 1.13 bits per heavy atom. The largest absolute Gasteiger partial charge is 0.344 e. The van der Waals surface area contributed by atoms with Gasteiger partial charge in [0.2, 0.25) is 5.91 Å². The quantitative estimate of drug-likeness (QED) is 0.435. The van der Waals surface area contributed by atoms with Gasteiger partial charge in [0.1, 0.15) is 5.54 Å². The van der Waals surface area contributed by atoms with Gasteiger partial charge < -0.3 is 5.32 Å². The molecule has 0 radical (unpaired) electrons. The van der Waals surface area contributed by atoms with E-state index in [1.54, 1.807) is 0 Å². The number of thioether (sulfide) groups is 1. The molecule has 1 aliphatic carbocycles. The molecule has 11 heteroatoms. The summed E-state index contributed by atoms with van der Waals surface area (Å²) in [6, 6.07) is 9.13. The maximum atomic E-state index is 12.7. The van der Waals surface area contributed by atoms with E-state index in [0.29, 0.717) is 31.0 Å². The number of amides is 4. The fraction of sp³-hybridized carbons (Fsp3) is 0.450. The van der Waals surface area contributed by atoms with Crippen LogP contribution in [-0.2, 0) is 22.6 Å². The van der Waals surface area contributed by atoms with Crippen LogP contribution in [-0.4, -0.2) is 48.9 Å². The van der Waals surface area contributed by atoms with E-state index in [1.165, 1.54) is 4.57 Å². The Bertz CT molecular complexity index is 1030. The van der Waals surface area contributed by atoms with Gasteiger partial charge in [-0.25, -0.2) is 14.7 Å². The van der Waals surface area contributed by atoms with Crippen LogP contribution in [0.3, 0.4) is 0 Å². The third-order valence-electron chi connectivity index (χ3n) is 5.63. The number of carbonyl (C=O) groups is 3. The molecule has 1 spiro atoms. The average molecular weight is 445 g/mol. The highest BCUT2D eigenvalue weighted by Crippen LogP contribution is 2.33. The van der Waals surface area contributed by atoms with Crippen molar-refractivity contribution in [3.63, 3.8) is 0 Å². The number of aromatic amines is 1. The number of nitrogens with zero attached hydrogens (tertiary/aromatic N) is 3. The number of H-pyrrole nitrogens is 1. The van der Waals surface area contributed by atoms with E-state index < -0.39 is 23.4 Å². The Hall–Kier alpha value is -3.08. The van der Waals surface area contributed by atoms with E-state index in [4.69, 9.17) is 0 Å². The number of imide groups is 1. The number of urea groups is 1. The van der Waals surface area contributed by atoms with Crippen LogP contribution in [0.4, 0.5) is 4.79 Å². The summed E-state index contributed by atoms with van der Waals surface area (Å²) in [6.45, 7) is 0.416. The lowest BCUT2D eigenvalue weighted by Gasteiger charge is -2.30. The predicted octanol–water partition coefficient (Wildman–Crippen LogP) is 1.19. The first-order chi connectivity index (χ1) is 15.0. The molecule has 0 atom stereocenters. The van der Waals surface area contributed by atoms with Crippen molar-refractivity contribution >= 4 is 29.6 Å². The van der Waals surface area contributed by atoms with Crippen LogP contribution in [0, 0.1) is 0 Å².